The molecule has 164 valence electrons. The zero-order chi connectivity index (χ0) is 21.9. The van der Waals surface area contributed by atoms with E-state index in [1.807, 2.05) is 0 Å². The zero-order valence-electron chi connectivity index (χ0n) is 17.0. The number of unbranched alkanes of at least 4 members (excludes halogenated alkanes) is 1. The van der Waals surface area contributed by atoms with Gasteiger partial charge < -0.3 is 9.64 Å². The predicted octanol–water partition coefficient (Wildman–Crippen LogP) is 3.26. The largest absolute Gasteiger partial charge is 0.494 e. The van der Waals surface area contributed by atoms with Crippen LogP contribution in [0.2, 0.25) is 0 Å². The second-order valence-corrected chi connectivity index (χ2v) is 7.36. The number of hydrogen-bond donors (Lipinski definition) is 0. The molecule has 0 aliphatic carbocycles. The molecule has 0 radical (unpaired) electrons. The van der Waals surface area contributed by atoms with Crippen LogP contribution in [0.25, 0.3) is 0 Å². The van der Waals surface area contributed by atoms with E-state index in [2.05, 4.69) is 12.0 Å². The molecule has 1 amide bonds. The molecule has 0 spiro atoms. The number of carbonyl (C=O) groups is 1. The van der Waals surface area contributed by atoms with Gasteiger partial charge in [0.1, 0.15) is 5.75 Å². The van der Waals surface area contributed by atoms with Gasteiger partial charge in [0.2, 0.25) is 5.82 Å². The monoisotopic (exact) mass is 426 g/mol. The van der Waals surface area contributed by atoms with Gasteiger partial charge in [0.05, 0.1) is 12.6 Å². The van der Waals surface area contributed by atoms with E-state index < -0.39 is 23.7 Å². The van der Waals surface area contributed by atoms with E-state index >= 15 is 0 Å². The lowest BCUT2D eigenvalue weighted by Crippen LogP contribution is -2.41. The van der Waals surface area contributed by atoms with Crippen LogP contribution < -0.4 is 10.4 Å². The minimum atomic E-state index is -4.69. The Kier molecular flexibility index (Phi) is 6.52. The van der Waals surface area contributed by atoms with Crippen LogP contribution in [0, 0.1) is 0 Å². The molecule has 1 aromatic carbocycles. The first-order chi connectivity index (χ1) is 14.2. The number of hydrogen-bond acceptors (Lipinski definition) is 4. The number of halogens is 3. The van der Waals surface area contributed by atoms with Gasteiger partial charge in [-0.3, -0.25) is 9.36 Å². The van der Waals surface area contributed by atoms with Crippen LogP contribution in [0.15, 0.2) is 29.1 Å². The number of alkyl halides is 3. The summed E-state index contributed by atoms with van der Waals surface area (Å²) in [5.74, 6) is -0.668. The van der Waals surface area contributed by atoms with Crippen molar-refractivity contribution < 1.29 is 22.7 Å². The Balaban J connectivity index is 1.62. The minimum Gasteiger partial charge on any atom is -0.494 e. The van der Waals surface area contributed by atoms with Gasteiger partial charge in [-0.25, -0.2) is 9.48 Å². The normalized spacial score (nSPS) is 15.4. The lowest BCUT2D eigenvalue weighted by Gasteiger charge is -2.31. The van der Waals surface area contributed by atoms with E-state index in [0.29, 0.717) is 48.4 Å². The van der Waals surface area contributed by atoms with Gasteiger partial charge in [-0.1, -0.05) is 13.3 Å². The van der Waals surface area contributed by atoms with Crippen molar-refractivity contribution in [2.24, 2.45) is 7.05 Å². The maximum Gasteiger partial charge on any atom is 0.451 e. The van der Waals surface area contributed by atoms with Crippen LogP contribution in [0.1, 0.15) is 54.8 Å². The molecule has 2 heterocycles. The highest BCUT2D eigenvalue weighted by molar-refractivity contribution is 5.94. The standard InChI is InChI=1S/C20H25F3N4O3/c1-3-4-13-30-16-7-5-14(6-8-16)17(28)26-11-9-15(10-12-26)27-19(29)25(2)18(24-27)20(21,22)23/h5-8,15H,3-4,9-13H2,1-2H3. The Labute approximate surface area is 172 Å². The van der Waals surface area contributed by atoms with Crippen molar-refractivity contribution in [2.45, 2.75) is 44.8 Å². The van der Waals surface area contributed by atoms with Gasteiger partial charge in [-0.15, -0.1) is 5.10 Å². The average Bonchev–Trinajstić information content (AvgIpc) is 3.03. The Bertz CT molecular complexity index is 926. The van der Waals surface area contributed by atoms with Gasteiger partial charge >= 0.3 is 11.9 Å². The van der Waals surface area contributed by atoms with Crippen molar-refractivity contribution in [3.8, 4) is 5.75 Å². The fourth-order valence-electron chi connectivity index (χ4n) is 3.47. The highest BCUT2D eigenvalue weighted by atomic mass is 19.4. The topological polar surface area (TPSA) is 69.4 Å². The lowest BCUT2D eigenvalue weighted by atomic mass is 10.0. The van der Waals surface area contributed by atoms with Crippen molar-refractivity contribution in [1.29, 1.82) is 0 Å². The number of ether oxygens (including phenoxy) is 1. The maximum atomic E-state index is 13.0. The number of amides is 1. The molecule has 7 nitrogen and oxygen atoms in total. The molecule has 1 saturated heterocycles. The Morgan fingerprint density at radius 3 is 2.37 bits per heavy atom. The van der Waals surface area contributed by atoms with Crippen LogP contribution in [0.3, 0.4) is 0 Å². The first-order valence-electron chi connectivity index (χ1n) is 9.97. The molecule has 30 heavy (non-hydrogen) atoms. The van der Waals surface area contributed by atoms with Crippen molar-refractivity contribution in [1.82, 2.24) is 19.2 Å². The summed E-state index contributed by atoms with van der Waals surface area (Å²) in [5, 5.41) is 3.50. The van der Waals surface area contributed by atoms with Gasteiger partial charge in [0, 0.05) is 25.7 Å². The fourth-order valence-corrected chi connectivity index (χ4v) is 3.47. The second-order valence-electron chi connectivity index (χ2n) is 7.36. The van der Waals surface area contributed by atoms with Gasteiger partial charge in [-0.05, 0) is 43.5 Å². The summed E-state index contributed by atoms with van der Waals surface area (Å²) < 4.78 is 45.9. The number of carbonyl (C=O) groups excluding carboxylic acids is 1. The summed E-state index contributed by atoms with van der Waals surface area (Å²) in [7, 11) is 1.06. The molecule has 1 aromatic heterocycles. The molecular weight excluding hydrogens is 401 g/mol. The van der Waals surface area contributed by atoms with Crippen molar-refractivity contribution in [2.75, 3.05) is 19.7 Å². The third kappa shape index (κ3) is 4.68. The Hall–Kier alpha value is -2.78. The lowest BCUT2D eigenvalue weighted by molar-refractivity contribution is -0.147. The molecular formula is C20H25F3N4O3. The summed E-state index contributed by atoms with van der Waals surface area (Å²) in [6.07, 6.45) is -1.98. The molecule has 1 aliphatic heterocycles. The summed E-state index contributed by atoms with van der Waals surface area (Å²) in [4.78, 5) is 26.5. The quantitative estimate of drug-likeness (QED) is 0.665. The summed E-state index contributed by atoms with van der Waals surface area (Å²) in [5.41, 5.74) is -0.281. The molecule has 3 rings (SSSR count). The SMILES string of the molecule is CCCCOc1ccc(C(=O)N2CCC(n3nc(C(F)(F)F)n(C)c3=O)CC2)cc1. The number of piperidine rings is 1. The van der Waals surface area contributed by atoms with Crippen LogP contribution in [-0.4, -0.2) is 44.9 Å². The smallest absolute Gasteiger partial charge is 0.451 e. The number of benzene rings is 1. The molecule has 0 saturated carbocycles. The summed E-state index contributed by atoms with van der Waals surface area (Å²) in [6.45, 7) is 3.37. The highest BCUT2D eigenvalue weighted by Crippen LogP contribution is 2.28. The third-order valence-electron chi connectivity index (χ3n) is 5.22. The zero-order valence-corrected chi connectivity index (χ0v) is 17.0. The molecule has 0 atom stereocenters. The number of aromatic nitrogens is 3. The van der Waals surface area contributed by atoms with Gasteiger partial charge in [-0.2, -0.15) is 13.2 Å². The second kappa shape index (κ2) is 8.93. The molecule has 2 aromatic rings. The summed E-state index contributed by atoms with van der Waals surface area (Å²) >= 11 is 0. The van der Waals surface area contributed by atoms with Gasteiger partial charge in [0.25, 0.3) is 5.91 Å². The van der Waals surface area contributed by atoms with E-state index in [1.54, 1.807) is 29.2 Å². The number of rotatable bonds is 6. The molecule has 0 N–H and O–H groups in total. The molecule has 0 bridgehead atoms. The third-order valence-corrected chi connectivity index (χ3v) is 5.22. The average molecular weight is 426 g/mol. The first-order valence-corrected chi connectivity index (χ1v) is 9.97. The van der Waals surface area contributed by atoms with E-state index in [0.717, 1.165) is 24.6 Å². The van der Waals surface area contributed by atoms with Crippen LogP contribution in [0.4, 0.5) is 13.2 Å². The van der Waals surface area contributed by atoms with E-state index in [4.69, 9.17) is 4.74 Å². The van der Waals surface area contributed by atoms with Crippen LogP contribution in [0.5, 0.6) is 5.75 Å². The Morgan fingerprint density at radius 1 is 1.20 bits per heavy atom. The number of nitrogens with zero attached hydrogens (tertiary/aromatic N) is 4. The van der Waals surface area contributed by atoms with Crippen molar-refractivity contribution in [3.63, 3.8) is 0 Å². The molecule has 10 heteroatoms. The highest BCUT2D eigenvalue weighted by Gasteiger charge is 2.39. The maximum absolute atomic E-state index is 13.0. The van der Waals surface area contributed by atoms with Gasteiger partial charge in [0.15, 0.2) is 0 Å². The van der Waals surface area contributed by atoms with E-state index in [-0.39, 0.29) is 5.91 Å². The van der Waals surface area contributed by atoms with E-state index in [1.165, 1.54) is 0 Å². The van der Waals surface area contributed by atoms with Crippen LogP contribution >= 0.6 is 0 Å². The van der Waals surface area contributed by atoms with E-state index in [9.17, 15) is 22.8 Å². The predicted molar refractivity (Wildman–Crippen MR) is 103 cm³/mol. The minimum absolute atomic E-state index is 0.155. The number of likely N-dealkylation sites (tertiary alicyclic amines) is 1. The fraction of sp³-hybridized carbons (Fsp3) is 0.550. The summed E-state index contributed by atoms with van der Waals surface area (Å²) in [6, 6.07) is 6.44. The first kappa shape index (κ1) is 21.9. The molecule has 1 aliphatic rings. The van der Waals surface area contributed by atoms with Crippen molar-refractivity contribution in [3.05, 3.63) is 46.1 Å². The van der Waals surface area contributed by atoms with Crippen molar-refractivity contribution >= 4 is 5.91 Å². The molecule has 1 fully saturated rings. The Morgan fingerprint density at radius 2 is 1.83 bits per heavy atom. The molecule has 0 unspecified atom stereocenters. The van der Waals surface area contributed by atoms with Crippen LogP contribution in [-0.2, 0) is 13.2 Å².